The van der Waals surface area contributed by atoms with Gasteiger partial charge >= 0.3 is 0 Å². The smallest absolute Gasteiger partial charge is 0.224 e. The Labute approximate surface area is 137 Å². The van der Waals surface area contributed by atoms with Gasteiger partial charge in [-0.05, 0) is 24.6 Å². The molecule has 0 unspecified atom stereocenters. The molecule has 0 aliphatic heterocycles. The van der Waals surface area contributed by atoms with E-state index in [2.05, 4.69) is 30.2 Å². The van der Waals surface area contributed by atoms with Crippen LogP contribution in [0.25, 0.3) is 22.2 Å². The van der Waals surface area contributed by atoms with Crippen LogP contribution in [0.2, 0.25) is 0 Å². The third kappa shape index (κ3) is 2.78. The van der Waals surface area contributed by atoms with Gasteiger partial charge in [-0.3, -0.25) is 0 Å². The first-order valence-electron chi connectivity index (χ1n) is 7.71. The molecule has 0 spiro atoms. The van der Waals surface area contributed by atoms with Crippen molar-refractivity contribution in [2.45, 2.75) is 12.8 Å². The zero-order chi connectivity index (χ0) is 16.5. The van der Waals surface area contributed by atoms with E-state index in [0.29, 0.717) is 5.95 Å². The van der Waals surface area contributed by atoms with Gasteiger partial charge in [-0.15, -0.1) is 0 Å². The molecule has 0 atom stereocenters. The highest BCUT2D eigenvalue weighted by molar-refractivity contribution is 5.75. The largest absolute Gasteiger partial charge is 0.354 e. The van der Waals surface area contributed by atoms with Gasteiger partial charge in [0.1, 0.15) is 17.2 Å². The fraction of sp³-hybridized carbons (Fsp3) is 0.250. The molecule has 4 rings (SSSR count). The summed E-state index contributed by atoms with van der Waals surface area (Å²) in [7, 11) is 1.90. The molecule has 4 aromatic rings. The van der Waals surface area contributed by atoms with Crippen molar-refractivity contribution in [1.29, 1.82) is 0 Å². The highest BCUT2D eigenvalue weighted by Crippen LogP contribution is 2.14. The number of H-pyrrole nitrogens is 1. The Morgan fingerprint density at radius 2 is 2.12 bits per heavy atom. The molecule has 24 heavy (non-hydrogen) atoms. The fourth-order valence-electron chi connectivity index (χ4n) is 2.61. The summed E-state index contributed by atoms with van der Waals surface area (Å²) in [5, 5.41) is 3.20. The Hall–Kier alpha value is -3.03. The van der Waals surface area contributed by atoms with E-state index >= 15 is 0 Å². The van der Waals surface area contributed by atoms with E-state index in [-0.39, 0.29) is 5.82 Å². The summed E-state index contributed by atoms with van der Waals surface area (Å²) in [6, 6.07) is 4.56. The molecule has 3 aromatic heterocycles. The molecule has 0 radical (unpaired) electrons. The maximum absolute atomic E-state index is 13.2. The third-order valence-corrected chi connectivity index (χ3v) is 3.82. The van der Waals surface area contributed by atoms with Crippen LogP contribution in [0.4, 0.5) is 10.3 Å². The number of fused-ring (bicyclic) bond motifs is 2. The molecule has 0 saturated carbocycles. The predicted molar refractivity (Wildman–Crippen MR) is 89.2 cm³/mol. The van der Waals surface area contributed by atoms with Crippen molar-refractivity contribution in [3.63, 3.8) is 0 Å². The lowest BCUT2D eigenvalue weighted by atomic mass is 10.3. The number of anilines is 1. The molecule has 7 nitrogen and oxygen atoms in total. The number of benzene rings is 1. The molecule has 122 valence electrons. The van der Waals surface area contributed by atoms with E-state index in [1.165, 1.54) is 12.1 Å². The number of hydrogen-bond donors (Lipinski definition) is 2. The summed E-state index contributed by atoms with van der Waals surface area (Å²) >= 11 is 0. The predicted octanol–water partition coefficient (Wildman–Crippen LogP) is 2.42. The zero-order valence-electron chi connectivity index (χ0n) is 13.1. The standard InChI is InChI=1S/C16H16FN7/c1-24-9-20-13-8-19-16(23-15(13)24)18-6-2-3-14-21-11-5-4-10(17)7-12(11)22-14/h4-5,7-9H,2-3,6H2,1H3,(H,21,22)(H,18,19,23). The topological polar surface area (TPSA) is 84.3 Å². The van der Waals surface area contributed by atoms with Gasteiger partial charge in [-0.2, -0.15) is 4.98 Å². The minimum atomic E-state index is -0.262. The van der Waals surface area contributed by atoms with Gasteiger partial charge in [0.25, 0.3) is 0 Å². The average molecular weight is 325 g/mol. The minimum absolute atomic E-state index is 0.262. The van der Waals surface area contributed by atoms with E-state index < -0.39 is 0 Å². The maximum atomic E-state index is 13.2. The van der Waals surface area contributed by atoms with Crippen LogP contribution >= 0.6 is 0 Å². The summed E-state index contributed by atoms with van der Waals surface area (Å²) in [6.45, 7) is 0.717. The van der Waals surface area contributed by atoms with Crippen LogP contribution in [-0.4, -0.2) is 36.0 Å². The van der Waals surface area contributed by atoms with E-state index in [1.54, 1.807) is 18.6 Å². The Balaban J connectivity index is 1.36. The minimum Gasteiger partial charge on any atom is -0.354 e. The third-order valence-electron chi connectivity index (χ3n) is 3.82. The number of rotatable bonds is 5. The van der Waals surface area contributed by atoms with Crippen LogP contribution in [-0.2, 0) is 13.5 Å². The van der Waals surface area contributed by atoms with E-state index in [4.69, 9.17) is 0 Å². The van der Waals surface area contributed by atoms with Gasteiger partial charge in [0.2, 0.25) is 5.95 Å². The first kappa shape index (κ1) is 14.6. The van der Waals surface area contributed by atoms with Crippen molar-refractivity contribution in [3.05, 3.63) is 42.4 Å². The number of nitrogens with zero attached hydrogens (tertiary/aromatic N) is 5. The molecular weight excluding hydrogens is 309 g/mol. The fourth-order valence-corrected chi connectivity index (χ4v) is 2.61. The highest BCUT2D eigenvalue weighted by Gasteiger charge is 2.05. The molecule has 2 N–H and O–H groups in total. The molecule has 0 aliphatic carbocycles. The lowest BCUT2D eigenvalue weighted by Gasteiger charge is -2.04. The molecule has 3 heterocycles. The first-order valence-corrected chi connectivity index (χ1v) is 7.71. The Morgan fingerprint density at radius 3 is 3.04 bits per heavy atom. The van der Waals surface area contributed by atoms with Gasteiger partial charge in [0.15, 0.2) is 5.65 Å². The number of nitrogens with one attached hydrogen (secondary N) is 2. The molecule has 0 aliphatic rings. The van der Waals surface area contributed by atoms with Gasteiger partial charge in [0.05, 0.1) is 23.6 Å². The van der Waals surface area contributed by atoms with Gasteiger partial charge in [-0.25, -0.2) is 19.3 Å². The quantitative estimate of drug-likeness (QED) is 0.551. The van der Waals surface area contributed by atoms with Crippen molar-refractivity contribution in [2.75, 3.05) is 11.9 Å². The summed E-state index contributed by atoms with van der Waals surface area (Å²) < 4.78 is 15.0. The van der Waals surface area contributed by atoms with Crippen LogP contribution in [0.15, 0.2) is 30.7 Å². The monoisotopic (exact) mass is 325 g/mol. The number of halogens is 1. The number of hydrogen-bond acceptors (Lipinski definition) is 5. The normalized spacial score (nSPS) is 11.4. The second-order valence-electron chi connectivity index (χ2n) is 5.63. The van der Waals surface area contributed by atoms with Crippen molar-refractivity contribution >= 4 is 28.1 Å². The van der Waals surface area contributed by atoms with E-state index in [0.717, 1.165) is 47.4 Å². The van der Waals surface area contributed by atoms with Crippen LogP contribution in [0.3, 0.4) is 0 Å². The molecule has 1 aromatic carbocycles. The van der Waals surface area contributed by atoms with E-state index in [9.17, 15) is 4.39 Å². The molecule has 0 amide bonds. The van der Waals surface area contributed by atoms with Gasteiger partial charge in [-0.1, -0.05) is 0 Å². The molecule has 8 heteroatoms. The van der Waals surface area contributed by atoms with Crippen LogP contribution in [0.1, 0.15) is 12.2 Å². The average Bonchev–Trinajstić information content (AvgIpc) is 3.15. The first-order chi connectivity index (χ1) is 11.7. The van der Waals surface area contributed by atoms with Crippen molar-refractivity contribution < 1.29 is 4.39 Å². The Morgan fingerprint density at radius 1 is 1.21 bits per heavy atom. The Bertz CT molecular complexity index is 1000. The number of imidazole rings is 2. The number of aromatic nitrogens is 6. The second kappa shape index (κ2) is 5.88. The van der Waals surface area contributed by atoms with Gasteiger partial charge in [0, 0.05) is 20.0 Å². The maximum Gasteiger partial charge on any atom is 0.224 e. The lowest BCUT2D eigenvalue weighted by molar-refractivity contribution is 0.629. The molecule has 0 saturated heterocycles. The highest BCUT2D eigenvalue weighted by atomic mass is 19.1. The summed E-state index contributed by atoms with van der Waals surface area (Å²) in [4.78, 5) is 20.5. The Kier molecular flexibility index (Phi) is 3.56. The van der Waals surface area contributed by atoms with Gasteiger partial charge < -0.3 is 14.9 Å². The summed E-state index contributed by atoms with van der Waals surface area (Å²) in [5.41, 5.74) is 3.08. The lowest BCUT2D eigenvalue weighted by Crippen LogP contribution is -2.07. The van der Waals surface area contributed by atoms with Crippen molar-refractivity contribution in [3.8, 4) is 0 Å². The zero-order valence-corrected chi connectivity index (χ0v) is 13.1. The summed E-state index contributed by atoms with van der Waals surface area (Å²) in [5.74, 6) is 1.17. The molecular formula is C16H16FN7. The number of aromatic amines is 1. The second-order valence-corrected chi connectivity index (χ2v) is 5.63. The van der Waals surface area contributed by atoms with Crippen molar-refractivity contribution in [1.82, 2.24) is 29.5 Å². The van der Waals surface area contributed by atoms with Crippen molar-refractivity contribution in [2.24, 2.45) is 7.05 Å². The summed E-state index contributed by atoms with van der Waals surface area (Å²) in [6.07, 6.45) is 5.04. The molecule has 0 fully saturated rings. The van der Waals surface area contributed by atoms with E-state index in [1.807, 2.05) is 11.6 Å². The SMILES string of the molecule is Cn1cnc2cnc(NCCCc3nc4ccc(F)cc4[nH]3)nc21. The van der Waals surface area contributed by atoms with Crippen LogP contribution < -0.4 is 5.32 Å². The molecule has 0 bridgehead atoms. The number of aryl methyl sites for hydroxylation is 2. The van der Waals surface area contributed by atoms with Crippen LogP contribution in [0, 0.1) is 5.82 Å². The van der Waals surface area contributed by atoms with Crippen LogP contribution in [0.5, 0.6) is 0 Å².